The molecule has 1 saturated heterocycles. The summed E-state index contributed by atoms with van der Waals surface area (Å²) in [6.07, 6.45) is 0. The molecule has 1 fully saturated rings. The van der Waals surface area contributed by atoms with Gasteiger partial charge in [-0.1, -0.05) is 24.3 Å². The van der Waals surface area contributed by atoms with E-state index in [1.807, 2.05) is 0 Å². The molecule has 1 aliphatic heterocycles. The summed E-state index contributed by atoms with van der Waals surface area (Å²) >= 11 is 0. The minimum Gasteiger partial charge on any atom is -0.314 e. The maximum Gasteiger partial charge on any atom is 0.0233 e. The number of hydrogen-bond acceptors (Lipinski definition) is 3. The molecule has 0 unspecified atom stereocenters. The maximum absolute atomic E-state index is 3.39. The van der Waals surface area contributed by atoms with E-state index in [9.17, 15) is 0 Å². The van der Waals surface area contributed by atoms with Gasteiger partial charge in [0.15, 0.2) is 0 Å². The average Bonchev–Trinajstić information content (AvgIpc) is 2.40. The lowest BCUT2D eigenvalue weighted by Crippen LogP contribution is -2.45. The highest BCUT2D eigenvalue weighted by Gasteiger charge is 2.10. The molecule has 1 N–H and O–H groups in total. The third-order valence-corrected chi connectivity index (χ3v) is 3.71. The van der Waals surface area contributed by atoms with Crippen LogP contribution in [0.2, 0.25) is 0 Å². The van der Waals surface area contributed by atoms with Gasteiger partial charge in [0, 0.05) is 45.8 Å². The van der Waals surface area contributed by atoms with Gasteiger partial charge in [0.1, 0.15) is 0 Å². The van der Waals surface area contributed by atoms with Crippen LogP contribution in [-0.4, -0.2) is 56.1 Å². The van der Waals surface area contributed by atoms with E-state index in [1.165, 1.54) is 30.8 Å². The first-order chi connectivity index (χ1) is 8.75. The average molecular weight is 320 g/mol. The highest BCUT2D eigenvalue weighted by Crippen LogP contribution is 2.09. The molecule has 5 heteroatoms. The second kappa shape index (κ2) is 10.4. The molecule has 1 aromatic carbocycles. The standard InChI is InChI=1S/C15H25N3.2ClH/c1-14-5-3-4-6-15(14)13-17(2)11-12-18-9-7-16-8-10-18;;/h3-6,16H,7-13H2,1-2H3;2*1H. The van der Waals surface area contributed by atoms with Crippen LogP contribution in [0.5, 0.6) is 0 Å². The van der Waals surface area contributed by atoms with Crippen LogP contribution in [0.3, 0.4) is 0 Å². The summed E-state index contributed by atoms with van der Waals surface area (Å²) in [5.41, 5.74) is 2.84. The molecule has 0 saturated carbocycles. The monoisotopic (exact) mass is 319 g/mol. The number of nitrogens with one attached hydrogen (secondary N) is 1. The molecule has 0 bridgehead atoms. The molecule has 0 atom stereocenters. The Hall–Kier alpha value is -0.320. The lowest BCUT2D eigenvalue weighted by molar-refractivity contribution is 0.202. The Balaban J connectivity index is 0.00000180. The quantitative estimate of drug-likeness (QED) is 0.897. The van der Waals surface area contributed by atoms with Crippen LogP contribution in [0, 0.1) is 6.92 Å². The Bertz CT molecular complexity index is 368. The van der Waals surface area contributed by atoms with Crippen LogP contribution < -0.4 is 5.32 Å². The van der Waals surface area contributed by atoms with Gasteiger partial charge in [0.25, 0.3) is 0 Å². The number of nitrogens with zero attached hydrogens (tertiary/aromatic N) is 2. The largest absolute Gasteiger partial charge is 0.314 e. The summed E-state index contributed by atoms with van der Waals surface area (Å²) in [5, 5.41) is 3.39. The number of rotatable bonds is 5. The number of hydrogen-bond donors (Lipinski definition) is 1. The predicted molar refractivity (Wildman–Crippen MR) is 91.3 cm³/mol. The van der Waals surface area contributed by atoms with Crippen molar-refractivity contribution in [2.24, 2.45) is 0 Å². The fourth-order valence-electron chi connectivity index (χ4n) is 2.40. The van der Waals surface area contributed by atoms with Crippen molar-refractivity contribution in [3.63, 3.8) is 0 Å². The number of aryl methyl sites for hydroxylation is 1. The highest BCUT2D eigenvalue weighted by molar-refractivity contribution is 5.85. The number of benzene rings is 1. The van der Waals surface area contributed by atoms with Crippen LogP contribution in [0.1, 0.15) is 11.1 Å². The third kappa shape index (κ3) is 6.42. The summed E-state index contributed by atoms with van der Waals surface area (Å²) in [6.45, 7) is 10.2. The predicted octanol–water partition coefficient (Wildman–Crippen LogP) is 2.18. The molecule has 0 aliphatic carbocycles. The van der Waals surface area contributed by atoms with Gasteiger partial charge < -0.3 is 10.2 Å². The second-order valence-electron chi connectivity index (χ2n) is 5.26. The summed E-state index contributed by atoms with van der Waals surface area (Å²) in [4.78, 5) is 4.97. The van der Waals surface area contributed by atoms with Crippen molar-refractivity contribution in [2.75, 3.05) is 46.3 Å². The van der Waals surface area contributed by atoms with Gasteiger partial charge in [0.2, 0.25) is 0 Å². The zero-order valence-electron chi connectivity index (χ0n) is 12.5. The Morgan fingerprint density at radius 2 is 1.80 bits per heavy atom. The molecule has 0 spiro atoms. The Morgan fingerprint density at radius 3 is 2.45 bits per heavy atom. The molecule has 116 valence electrons. The molecule has 1 heterocycles. The van der Waals surface area contributed by atoms with E-state index in [2.05, 4.69) is 53.4 Å². The van der Waals surface area contributed by atoms with Gasteiger partial charge in [-0.2, -0.15) is 0 Å². The summed E-state index contributed by atoms with van der Waals surface area (Å²) in [7, 11) is 2.22. The van der Waals surface area contributed by atoms with Crippen molar-refractivity contribution >= 4 is 24.8 Å². The van der Waals surface area contributed by atoms with Gasteiger partial charge in [-0.05, 0) is 25.1 Å². The molecule has 0 aromatic heterocycles. The number of halogens is 2. The first-order valence-corrected chi connectivity index (χ1v) is 6.92. The zero-order valence-corrected chi connectivity index (χ0v) is 14.1. The lowest BCUT2D eigenvalue weighted by atomic mass is 10.1. The van der Waals surface area contributed by atoms with E-state index in [1.54, 1.807) is 0 Å². The van der Waals surface area contributed by atoms with E-state index >= 15 is 0 Å². The molecule has 3 nitrogen and oxygen atoms in total. The first kappa shape index (κ1) is 19.7. The number of piperazine rings is 1. The minimum atomic E-state index is 0. The lowest BCUT2D eigenvalue weighted by Gasteiger charge is -2.29. The smallest absolute Gasteiger partial charge is 0.0233 e. The van der Waals surface area contributed by atoms with Gasteiger partial charge in [0.05, 0.1) is 0 Å². The SMILES string of the molecule is Cc1ccccc1CN(C)CCN1CCNCC1.Cl.Cl. The van der Waals surface area contributed by atoms with Crippen molar-refractivity contribution in [2.45, 2.75) is 13.5 Å². The topological polar surface area (TPSA) is 18.5 Å². The number of likely N-dealkylation sites (N-methyl/N-ethyl adjacent to an activating group) is 1. The van der Waals surface area contributed by atoms with Crippen molar-refractivity contribution < 1.29 is 0 Å². The van der Waals surface area contributed by atoms with E-state index in [0.717, 1.165) is 26.2 Å². The summed E-state index contributed by atoms with van der Waals surface area (Å²) < 4.78 is 0. The normalized spacial score (nSPS) is 15.6. The van der Waals surface area contributed by atoms with Crippen molar-refractivity contribution in [1.29, 1.82) is 0 Å². The fourth-order valence-corrected chi connectivity index (χ4v) is 2.40. The van der Waals surface area contributed by atoms with Crippen molar-refractivity contribution in [3.8, 4) is 0 Å². The molecular formula is C15H27Cl2N3. The van der Waals surface area contributed by atoms with E-state index in [0.29, 0.717) is 0 Å². The molecule has 1 aromatic rings. The highest BCUT2D eigenvalue weighted by atomic mass is 35.5. The Morgan fingerprint density at radius 1 is 1.15 bits per heavy atom. The van der Waals surface area contributed by atoms with E-state index in [-0.39, 0.29) is 24.8 Å². The summed E-state index contributed by atoms with van der Waals surface area (Å²) in [6, 6.07) is 8.67. The Kier molecular flexibility index (Phi) is 10.2. The first-order valence-electron chi connectivity index (χ1n) is 6.92. The van der Waals surface area contributed by atoms with Gasteiger partial charge in [-0.25, -0.2) is 0 Å². The van der Waals surface area contributed by atoms with Crippen LogP contribution in [0.25, 0.3) is 0 Å². The molecule has 0 radical (unpaired) electrons. The molecular weight excluding hydrogens is 293 g/mol. The van der Waals surface area contributed by atoms with Crippen LogP contribution in [0.4, 0.5) is 0 Å². The molecule has 1 aliphatic rings. The van der Waals surface area contributed by atoms with E-state index in [4.69, 9.17) is 0 Å². The van der Waals surface area contributed by atoms with Gasteiger partial charge in [-0.15, -0.1) is 24.8 Å². The molecule has 0 amide bonds. The molecule has 2 rings (SSSR count). The molecule has 20 heavy (non-hydrogen) atoms. The maximum atomic E-state index is 3.39. The van der Waals surface area contributed by atoms with Crippen molar-refractivity contribution in [3.05, 3.63) is 35.4 Å². The van der Waals surface area contributed by atoms with Crippen LogP contribution in [-0.2, 0) is 6.54 Å². The zero-order chi connectivity index (χ0) is 12.8. The van der Waals surface area contributed by atoms with Gasteiger partial charge >= 0.3 is 0 Å². The third-order valence-electron chi connectivity index (χ3n) is 3.71. The summed E-state index contributed by atoms with van der Waals surface area (Å²) in [5.74, 6) is 0. The fraction of sp³-hybridized carbons (Fsp3) is 0.600. The van der Waals surface area contributed by atoms with Gasteiger partial charge in [-0.3, -0.25) is 4.90 Å². The van der Waals surface area contributed by atoms with Crippen LogP contribution in [0.15, 0.2) is 24.3 Å². The second-order valence-corrected chi connectivity index (χ2v) is 5.26. The Labute approximate surface area is 135 Å². The van der Waals surface area contributed by atoms with Crippen molar-refractivity contribution in [1.82, 2.24) is 15.1 Å². The van der Waals surface area contributed by atoms with E-state index < -0.39 is 0 Å². The minimum absolute atomic E-state index is 0. The van der Waals surface area contributed by atoms with Crippen LogP contribution >= 0.6 is 24.8 Å².